The molecule has 4 aromatic carbocycles. The van der Waals surface area contributed by atoms with E-state index in [4.69, 9.17) is 13.9 Å². The third-order valence-electron chi connectivity index (χ3n) is 8.78. The summed E-state index contributed by atoms with van der Waals surface area (Å²) >= 11 is 0. The Balaban J connectivity index is 1.38. The number of fused-ring (bicyclic) bond motifs is 5. The number of hydrogen-bond donors (Lipinski definition) is 5. The number of allylic oxidation sites excluding steroid dienone is 2. The predicted octanol–water partition coefficient (Wildman–Crippen LogP) is 7.10. The molecule has 210 valence electrons. The van der Waals surface area contributed by atoms with Crippen molar-refractivity contribution < 1.29 is 39.4 Å². The number of aromatic hydroxyl groups is 5. The van der Waals surface area contributed by atoms with Gasteiger partial charge in [0.05, 0.1) is 11.5 Å². The quantitative estimate of drug-likeness (QED) is 0.144. The van der Waals surface area contributed by atoms with E-state index in [-0.39, 0.29) is 40.6 Å². The van der Waals surface area contributed by atoms with Crippen LogP contribution in [0, 0.1) is 5.92 Å². The van der Waals surface area contributed by atoms with E-state index in [2.05, 4.69) is 13.0 Å². The first-order valence-corrected chi connectivity index (χ1v) is 13.7. The van der Waals surface area contributed by atoms with Crippen LogP contribution in [0.1, 0.15) is 41.9 Å². The van der Waals surface area contributed by atoms with Crippen molar-refractivity contribution in [3.63, 3.8) is 0 Å². The zero-order valence-electron chi connectivity index (χ0n) is 22.4. The van der Waals surface area contributed by atoms with E-state index in [9.17, 15) is 25.5 Å². The number of furan rings is 1. The molecule has 2 aliphatic heterocycles. The Morgan fingerprint density at radius 2 is 1.48 bits per heavy atom. The Bertz CT molecular complexity index is 1970. The van der Waals surface area contributed by atoms with Gasteiger partial charge in [0.2, 0.25) is 0 Å². The van der Waals surface area contributed by atoms with Gasteiger partial charge in [-0.3, -0.25) is 0 Å². The molecule has 4 atom stereocenters. The number of benzene rings is 4. The molecular formula is C34H26O8. The monoisotopic (exact) mass is 562 g/mol. The van der Waals surface area contributed by atoms with E-state index in [0.29, 0.717) is 46.0 Å². The average molecular weight is 563 g/mol. The van der Waals surface area contributed by atoms with Gasteiger partial charge in [0.25, 0.3) is 5.79 Å². The topological polar surface area (TPSA) is 133 Å². The lowest BCUT2D eigenvalue weighted by molar-refractivity contribution is -0.198. The molecule has 1 aromatic heterocycles. The van der Waals surface area contributed by atoms with Crippen LogP contribution >= 0.6 is 0 Å². The summed E-state index contributed by atoms with van der Waals surface area (Å²) in [4.78, 5) is 0. The lowest BCUT2D eigenvalue weighted by Crippen LogP contribution is -2.56. The van der Waals surface area contributed by atoms with E-state index in [1.807, 2.05) is 12.1 Å². The van der Waals surface area contributed by atoms with Gasteiger partial charge in [0.15, 0.2) is 0 Å². The largest absolute Gasteiger partial charge is 0.508 e. The molecule has 3 aliphatic rings. The first-order valence-electron chi connectivity index (χ1n) is 13.7. The van der Waals surface area contributed by atoms with Gasteiger partial charge in [0.1, 0.15) is 51.6 Å². The molecule has 8 heteroatoms. The van der Waals surface area contributed by atoms with Crippen molar-refractivity contribution in [3.8, 4) is 51.6 Å². The maximum atomic E-state index is 11.5. The highest BCUT2D eigenvalue weighted by atomic mass is 16.7. The second-order valence-corrected chi connectivity index (χ2v) is 11.4. The van der Waals surface area contributed by atoms with Gasteiger partial charge < -0.3 is 39.4 Å². The Labute approximate surface area is 239 Å². The van der Waals surface area contributed by atoms with Crippen LogP contribution in [0.2, 0.25) is 0 Å². The third-order valence-corrected chi connectivity index (χ3v) is 8.78. The Hall–Kier alpha value is -5.24. The number of hydrogen-bond acceptors (Lipinski definition) is 8. The van der Waals surface area contributed by atoms with Crippen molar-refractivity contribution in [2.45, 2.75) is 31.0 Å². The third kappa shape index (κ3) is 3.41. The second kappa shape index (κ2) is 8.39. The predicted molar refractivity (Wildman–Crippen MR) is 153 cm³/mol. The Morgan fingerprint density at radius 3 is 2.31 bits per heavy atom. The number of phenols is 5. The van der Waals surface area contributed by atoms with Crippen molar-refractivity contribution in [3.05, 3.63) is 101 Å². The van der Waals surface area contributed by atoms with Crippen LogP contribution < -0.4 is 9.47 Å². The SMILES string of the molecule is CC1=C[C@H]2c3c(O)cc(-c4cc5ccc(O)cc5o4)cc3O[C@@]3(c4ccc(O)cc4O)Oc4cc(O)ccc4C(C1)[C@@H]23. The van der Waals surface area contributed by atoms with Gasteiger partial charge in [-0.05, 0) is 67.4 Å². The molecule has 5 N–H and O–H groups in total. The van der Waals surface area contributed by atoms with Crippen molar-refractivity contribution in [2.24, 2.45) is 5.92 Å². The van der Waals surface area contributed by atoms with Crippen molar-refractivity contribution in [2.75, 3.05) is 0 Å². The molecule has 0 saturated carbocycles. The maximum absolute atomic E-state index is 11.5. The molecule has 1 aliphatic carbocycles. The lowest BCUT2D eigenvalue weighted by Gasteiger charge is -2.55. The summed E-state index contributed by atoms with van der Waals surface area (Å²) in [7, 11) is 0. The van der Waals surface area contributed by atoms with Gasteiger partial charge in [-0.25, -0.2) is 0 Å². The summed E-state index contributed by atoms with van der Waals surface area (Å²) < 4.78 is 19.5. The molecule has 1 unspecified atom stereocenters. The molecule has 8 nitrogen and oxygen atoms in total. The van der Waals surface area contributed by atoms with Crippen LogP contribution in [-0.4, -0.2) is 25.5 Å². The summed E-state index contributed by atoms with van der Waals surface area (Å²) in [5.74, 6) is -1.40. The first kappa shape index (κ1) is 24.5. The minimum atomic E-state index is -1.57. The summed E-state index contributed by atoms with van der Waals surface area (Å²) in [6, 6.07) is 19.4. The zero-order valence-corrected chi connectivity index (χ0v) is 22.4. The maximum Gasteiger partial charge on any atom is 0.285 e. The summed E-state index contributed by atoms with van der Waals surface area (Å²) in [6.07, 6.45) is 2.80. The fraction of sp³-hybridized carbons (Fsp3) is 0.176. The molecule has 3 heterocycles. The number of phenolic OH excluding ortho intramolecular Hbond substituents is 5. The fourth-order valence-corrected chi connectivity index (χ4v) is 7.11. The van der Waals surface area contributed by atoms with Crippen LogP contribution in [0.4, 0.5) is 0 Å². The summed E-state index contributed by atoms with van der Waals surface area (Å²) in [5.41, 5.74) is 3.98. The molecule has 0 saturated heterocycles. The van der Waals surface area contributed by atoms with Crippen LogP contribution in [0.15, 0.2) is 88.9 Å². The Morgan fingerprint density at radius 1 is 0.738 bits per heavy atom. The second-order valence-electron chi connectivity index (χ2n) is 11.4. The van der Waals surface area contributed by atoms with Gasteiger partial charge in [-0.15, -0.1) is 0 Å². The van der Waals surface area contributed by atoms with E-state index >= 15 is 0 Å². The minimum absolute atomic E-state index is 0.0283. The van der Waals surface area contributed by atoms with Crippen LogP contribution in [-0.2, 0) is 5.79 Å². The summed E-state index contributed by atoms with van der Waals surface area (Å²) in [5, 5.41) is 53.9. The van der Waals surface area contributed by atoms with Gasteiger partial charge in [-0.2, -0.15) is 0 Å². The van der Waals surface area contributed by atoms with E-state index < -0.39 is 11.7 Å². The van der Waals surface area contributed by atoms with Gasteiger partial charge in [-0.1, -0.05) is 17.7 Å². The van der Waals surface area contributed by atoms with Gasteiger partial charge in [0, 0.05) is 46.5 Å². The minimum Gasteiger partial charge on any atom is -0.508 e. The number of ether oxygens (including phenoxy) is 2. The highest BCUT2D eigenvalue weighted by molar-refractivity contribution is 5.84. The van der Waals surface area contributed by atoms with Crippen molar-refractivity contribution in [1.82, 2.24) is 0 Å². The number of rotatable bonds is 2. The molecule has 0 fully saturated rings. The first-order chi connectivity index (χ1) is 20.2. The molecule has 5 aromatic rings. The molecule has 0 radical (unpaired) electrons. The highest BCUT2D eigenvalue weighted by Crippen LogP contribution is 2.65. The fourth-order valence-electron chi connectivity index (χ4n) is 7.11. The standard InChI is InChI=1S/C34H26O8/c1-16-8-23-22-6-4-21(37)15-30(22)41-34(25-7-5-19(35)13-26(25)38)33(23)24(9-16)32-27(39)10-18(12-31(32)42-34)28-11-17-2-3-20(36)14-29(17)40-28/h2-7,9-15,23-24,33,35-39H,8H2,1H3/t23?,24-,33-,34+/m0/s1. The van der Waals surface area contributed by atoms with Crippen LogP contribution in [0.3, 0.4) is 0 Å². The average Bonchev–Trinajstić information content (AvgIpc) is 3.35. The highest BCUT2D eigenvalue weighted by Gasteiger charge is 2.61. The van der Waals surface area contributed by atoms with Crippen LogP contribution in [0.25, 0.3) is 22.3 Å². The van der Waals surface area contributed by atoms with Crippen molar-refractivity contribution in [1.29, 1.82) is 0 Å². The molecule has 0 spiro atoms. The molecule has 0 amide bonds. The van der Waals surface area contributed by atoms with Gasteiger partial charge >= 0.3 is 0 Å². The lowest BCUT2D eigenvalue weighted by atomic mass is 9.61. The zero-order chi connectivity index (χ0) is 28.9. The van der Waals surface area contributed by atoms with E-state index in [0.717, 1.165) is 16.5 Å². The van der Waals surface area contributed by atoms with Crippen LogP contribution in [0.5, 0.6) is 40.2 Å². The van der Waals surface area contributed by atoms with E-state index in [1.165, 1.54) is 18.2 Å². The molecule has 0 bridgehead atoms. The smallest absolute Gasteiger partial charge is 0.285 e. The molecular weight excluding hydrogens is 536 g/mol. The van der Waals surface area contributed by atoms with Crippen molar-refractivity contribution >= 4 is 11.0 Å². The molecule has 8 rings (SSSR count). The normalized spacial score (nSPS) is 23.6. The Kier molecular flexibility index (Phi) is 4.90. The van der Waals surface area contributed by atoms with E-state index in [1.54, 1.807) is 42.5 Å². The molecule has 42 heavy (non-hydrogen) atoms. The summed E-state index contributed by atoms with van der Waals surface area (Å²) in [6.45, 7) is 2.05.